The number of amides is 2. The third kappa shape index (κ3) is 7.77. The van der Waals surface area contributed by atoms with E-state index >= 15 is 0 Å². The molecule has 0 aromatic rings. The Labute approximate surface area is 142 Å². The molecule has 1 atom stereocenters. The average molecular weight is 335 g/mol. The molecule has 1 N–H and O–H groups in total. The number of rotatable bonds is 1. The van der Waals surface area contributed by atoms with E-state index in [1.807, 2.05) is 6.07 Å². The number of aliphatic imine (C=N–C) groups is 1. The molecule has 1 aliphatic rings. The minimum atomic E-state index is -0.719. The summed E-state index contributed by atoms with van der Waals surface area (Å²) in [6.07, 6.45) is 0.955. The molecule has 0 heterocycles. The average Bonchev–Trinajstić information content (AvgIpc) is 2.33. The lowest BCUT2D eigenvalue weighted by Gasteiger charge is -2.25. The zero-order valence-corrected chi connectivity index (χ0v) is 15.1. The summed E-state index contributed by atoms with van der Waals surface area (Å²) < 4.78 is 10.3. The summed E-state index contributed by atoms with van der Waals surface area (Å²) >= 11 is 0. The number of hydrogen-bond donors (Lipinski definition) is 1. The van der Waals surface area contributed by atoms with E-state index in [0.29, 0.717) is 24.1 Å². The fourth-order valence-electron chi connectivity index (χ4n) is 2.04. The lowest BCUT2D eigenvalue weighted by molar-refractivity contribution is 0.0505. The van der Waals surface area contributed by atoms with Gasteiger partial charge >= 0.3 is 12.2 Å². The van der Waals surface area contributed by atoms with Gasteiger partial charge in [0.15, 0.2) is 0 Å². The van der Waals surface area contributed by atoms with Crippen LogP contribution in [0.5, 0.6) is 0 Å². The van der Waals surface area contributed by atoms with Gasteiger partial charge in [0.1, 0.15) is 11.2 Å². The predicted octanol–water partition coefficient (Wildman–Crippen LogP) is 3.50. The Kier molecular flexibility index (Phi) is 6.13. The normalized spacial score (nSPS) is 20.0. The van der Waals surface area contributed by atoms with Crippen molar-refractivity contribution in [2.45, 2.75) is 71.6 Å². The Morgan fingerprint density at radius 2 is 1.75 bits per heavy atom. The Morgan fingerprint density at radius 1 is 1.17 bits per heavy atom. The van der Waals surface area contributed by atoms with Gasteiger partial charge in [-0.15, -0.1) is 0 Å². The van der Waals surface area contributed by atoms with Gasteiger partial charge in [-0.2, -0.15) is 10.3 Å². The molecular formula is C17H25N3O4. The standard InChI is InChI=1S/C17H25N3O4/c1-16(2,3)23-14(21)19-12-7-11(10-18)8-13(9-12)20-15(22)24-17(4,5)6/h7,13H,8-9H2,1-6H3,(H,20,22)/b19-12-. The van der Waals surface area contributed by atoms with Gasteiger partial charge in [0, 0.05) is 24.5 Å². The monoisotopic (exact) mass is 335 g/mol. The van der Waals surface area contributed by atoms with E-state index in [9.17, 15) is 9.59 Å². The van der Waals surface area contributed by atoms with Crippen molar-refractivity contribution in [3.8, 4) is 6.07 Å². The number of allylic oxidation sites excluding steroid dienone is 1. The highest BCUT2D eigenvalue weighted by molar-refractivity contribution is 6.03. The van der Waals surface area contributed by atoms with Gasteiger partial charge in [-0.25, -0.2) is 9.59 Å². The van der Waals surface area contributed by atoms with Gasteiger partial charge in [-0.05, 0) is 47.6 Å². The van der Waals surface area contributed by atoms with Crippen LogP contribution in [0.25, 0.3) is 0 Å². The summed E-state index contributed by atoms with van der Waals surface area (Å²) in [5.41, 5.74) is -0.427. The van der Waals surface area contributed by atoms with E-state index < -0.39 is 23.4 Å². The fourth-order valence-corrected chi connectivity index (χ4v) is 2.04. The Balaban J connectivity index is 2.81. The van der Waals surface area contributed by atoms with Crippen LogP contribution in [0.1, 0.15) is 54.4 Å². The van der Waals surface area contributed by atoms with Gasteiger partial charge in [-0.3, -0.25) is 0 Å². The molecular weight excluding hydrogens is 310 g/mol. The first-order chi connectivity index (χ1) is 10.9. The van der Waals surface area contributed by atoms with E-state index in [2.05, 4.69) is 10.3 Å². The van der Waals surface area contributed by atoms with Crippen LogP contribution in [0.2, 0.25) is 0 Å². The van der Waals surface area contributed by atoms with Crippen molar-refractivity contribution in [2.24, 2.45) is 4.99 Å². The smallest absolute Gasteiger partial charge is 0.434 e. The molecule has 7 nitrogen and oxygen atoms in total. The SMILES string of the molecule is CC(C)(C)OC(=O)/N=C1/C=C(C#N)CC(NC(=O)OC(C)(C)C)C1. The summed E-state index contributed by atoms with van der Waals surface area (Å²) in [6, 6.07) is 1.68. The van der Waals surface area contributed by atoms with Crippen LogP contribution >= 0.6 is 0 Å². The zero-order valence-electron chi connectivity index (χ0n) is 15.1. The minimum absolute atomic E-state index is 0.323. The molecule has 0 spiro atoms. The first-order valence-corrected chi connectivity index (χ1v) is 7.79. The van der Waals surface area contributed by atoms with Crippen LogP contribution in [0, 0.1) is 11.3 Å². The van der Waals surface area contributed by atoms with Gasteiger partial charge in [-0.1, -0.05) is 0 Å². The summed E-state index contributed by atoms with van der Waals surface area (Å²) in [5, 5.41) is 11.8. The second-order valence-corrected chi connectivity index (χ2v) is 7.62. The molecule has 0 saturated heterocycles. The summed E-state index contributed by atoms with van der Waals surface area (Å²) in [5.74, 6) is 0. The van der Waals surface area contributed by atoms with Crippen molar-refractivity contribution < 1.29 is 19.1 Å². The highest BCUT2D eigenvalue weighted by atomic mass is 16.6. The summed E-state index contributed by atoms with van der Waals surface area (Å²) in [7, 11) is 0. The van der Waals surface area contributed by atoms with E-state index in [-0.39, 0.29) is 6.04 Å². The first-order valence-electron chi connectivity index (χ1n) is 7.79. The molecule has 0 aromatic carbocycles. The molecule has 0 fully saturated rings. The van der Waals surface area contributed by atoms with Gasteiger partial charge in [0.25, 0.3) is 0 Å². The van der Waals surface area contributed by atoms with E-state index in [1.54, 1.807) is 47.6 Å². The molecule has 1 unspecified atom stereocenters. The highest BCUT2D eigenvalue weighted by Gasteiger charge is 2.25. The summed E-state index contributed by atoms with van der Waals surface area (Å²) in [4.78, 5) is 27.6. The Hall–Kier alpha value is -2.36. The van der Waals surface area contributed by atoms with Crippen LogP contribution in [0.4, 0.5) is 9.59 Å². The maximum absolute atomic E-state index is 11.9. The van der Waals surface area contributed by atoms with Crippen molar-refractivity contribution in [2.75, 3.05) is 0 Å². The number of nitrogens with one attached hydrogen (secondary N) is 1. The maximum Gasteiger partial charge on any atom is 0.434 e. The first kappa shape index (κ1) is 19.7. The Bertz CT molecular complexity index is 601. The second kappa shape index (κ2) is 7.47. The third-order valence-corrected chi connectivity index (χ3v) is 2.76. The molecule has 0 radical (unpaired) electrons. The number of nitriles is 1. The Morgan fingerprint density at radius 3 is 2.25 bits per heavy atom. The van der Waals surface area contributed by atoms with Crippen LogP contribution in [-0.4, -0.2) is 35.1 Å². The van der Waals surface area contributed by atoms with E-state index in [0.717, 1.165) is 0 Å². The molecule has 132 valence electrons. The predicted molar refractivity (Wildman–Crippen MR) is 89.8 cm³/mol. The van der Waals surface area contributed by atoms with Crippen LogP contribution in [-0.2, 0) is 9.47 Å². The lowest BCUT2D eigenvalue weighted by Crippen LogP contribution is -2.41. The maximum atomic E-state index is 11.9. The second-order valence-electron chi connectivity index (χ2n) is 7.62. The molecule has 2 amide bonds. The molecule has 0 aliphatic heterocycles. The van der Waals surface area contributed by atoms with Crippen molar-refractivity contribution in [1.29, 1.82) is 5.26 Å². The van der Waals surface area contributed by atoms with E-state index in [4.69, 9.17) is 14.7 Å². The number of nitrogens with zero attached hydrogens (tertiary/aromatic N) is 2. The molecule has 0 bridgehead atoms. The molecule has 24 heavy (non-hydrogen) atoms. The van der Waals surface area contributed by atoms with E-state index in [1.165, 1.54) is 0 Å². The zero-order chi connectivity index (χ0) is 18.5. The molecule has 1 rings (SSSR count). The summed E-state index contributed by atoms with van der Waals surface area (Å²) in [6.45, 7) is 10.5. The van der Waals surface area contributed by atoms with Crippen molar-refractivity contribution >= 4 is 17.9 Å². The molecule has 7 heteroatoms. The third-order valence-electron chi connectivity index (χ3n) is 2.76. The number of hydrogen-bond acceptors (Lipinski definition) is 5. The fraction of sp³-hybridized carbons (Fsp3) is 0.647. The molecule has 0 saturated carbocycles. The number of carbonyl (C=O) groups is 2. The largest absolute Gasteiger partial charge is 0.444 e. The van der Waals surface area contributed by atoms with Crippen molar-refractivity contribution in [1.82, 2.24) is 5.32 Å². The number of ether oxygens (including phenoxy) is 2. The van der Waals surface area contributed by atoms with Gasteiger partial charge < -0.3 is 14.8 Å². The number of alkyl carbamates (subject to hydrolysis) is 1. The van der Waals surface area contributed by atoms with Crippen LogP contribution in [0.3, 0.4) is 0 Å². The molecule has 1 aliphatic carbocycles. The topological polar surface area (TPSA) is 101 Å². The van der Waals surface area contributed by atoms with Crippen molar-refractivity contribution in [3.05, 3.63) is 11.6 Å². The quantitative estimate of drug-likeness (QED) is 0.790. The minimum Gasteiger partial charge on any atom is -0.444 e. The molecule has 0 aromatic heterocycles. The van der Waals surface area contributed by atoms with Crippen LogP contribution < -0.4 is 5.32 Å². The highest BCUT2D eigenvalue weighted by Crippen LogP contribution is 2.18. The van der Waals surface area contributed by atoms with Crippen molar-refractivity contribution in [3.63, 3.8) is 0 Å². The van der Waals surface area contributed by atoms with Crippen LogP contribution in [0.15, 0.2) is 16.6 Å². The lowest BCUT2D eigenvalue weighted by atomic mass is 9.94. The number of carbonyl (C=O) groups excluding carboxylic acids is 2. The van der Waals surface area contributed by atoms with Gasteiger partial charge in [0.05, 0.1) is 11.8 Å². The van der Waals surface area contributed by atoms with Gasteiger partial charge in [0.2, 0.25) is 0 Å².